The van der Waals surface area contributed by atoms with Gasteiger partial charge in [-0.15, -0.1) is 0 Å². The first-order chi connectivity index (χ1) is 9.20. The zero-order chi connectivity index (χ0) is 13.7. The molecule has 1 N–H and O–H groups in total. The SMILES string of the molecule is COC(=O)c1occc1CNC(C)Cn1ccnc1. The lowest BCUT2D eigenvalue weighted by atomic mass is 10.2. The van der Waals surface area contributed by atoms with Gasteiger partial charge in [0.2, 0.25) is 5.76 Å². The summed E-state index contributed by atoms with van der Waals surface area (Å²) in [5.74, 6) is -0.200. The van der Waals surface area contributed by atoms with Crippen LogP contribution in [-0.4, -0.2) is 28.7 Å². The fraction of sp³-hybridized carbons (Fsp3) is 0.385. The van der Waals surface area contributed by atoms with E-state index in [1.807, 2.05) is 10.8 Å². The third-order valence-electron chi connectivity index (χ3n) is 2.80. The van der Waals surface area contributed by atoms with Crippen LogP contribution >= 0.6 is 0 Å². The maximum atomic E-state index is 11.4. The number of rotatable bonds is 6. The minimum Gasteiger partial charge on any atom is -0.463 e. The molecular formula is C13H17N3O3. The Balaban J connectivity index is 1.88. The number of nitrogens with one attached hydrogen (secondary N) is 1. The molecule has 0 aromatic carbocycles. The Labute approximate surface area is 111 Å². The minimum atomic E-state index is -0.455. The summed E-state index contributed by atoms with van der Waals surface area (Å²) in [7, 11) is 1.34. The van der Waals surface area contributed by atoms with Crippen molar-refractivity contribution in [3.05, 3.63) is 42.4 Å². The van der Waals surface area contributed by atoms with Gasteiger partial charge in [-0.05, 0) is 13.0 Å². The van der Waals surface area contributed by atoms with Crippen LogP contribution in [0.5, 0.6) is 0 Å². The van der Waals surface area contributed by atoms with Gasteiger partial charge in [-0.1, -0.05) is 0 Å². The van der Waals surface area contributed by atoms with Gasteiger partial charge in [0.1, 0.15) is 0 Å². The number of hydrogen-bond acceptors (Lipinski definition) is 5. The molecule has 102 valence electrons. The number of carbonyl (C=O) groups is 1. The molecule has 6 nitrogen and oxygen atoms in total. The second-order valence-corrected chi connectivity index (χ2v) is 4.31. The Morgan fingerprint density at radius 1 is 1.63 bits per heavy atom. The van der Waals surface area contributed by atoms with Gasteiger partial charge in [0, 0.05) is 37.1 Å². The molecule has 6 heteroatoms. The molecule has 0 saturated carbocycles. The van der Waals surface area contributed by atoms with E-state index >= 15 is 0 Å². The summed E-state index contributed by atoms with van der Waals surface area (Å²) in [4.78, 5) is 15.4. The van der Waals surface area contributed by atoms with E-state index in [-0.39, 0.29) is 11.8 Å². The number of imidazole rings is 1. The summed E-state index contributed by atoms with van der Waals surface area (Å²) in [6.45, 7) is 3.43. The molecule has 2 rings (SSSR count). The fourth-order valence-corrected chi connectivity index (χ4v) is 1.81. The average molecular weight is 263 g/mol. The molecule has 2 aromatic heterocycles. The van der Waals surface area contributed by atoms with E-state index in [0.29, 0.717) is 6.54 Å². The molecule has 0 radical (unpaired) electrons. The molecule has 1 unspecified atom stereocenters. The van der Waals surface area contributed by atoms with Crippen LogP contribution in [0.3, 0.4) is 0 Å². The van der Waals surface area contributed by atoms with Crippen LogP contribution in [0.25, 0.3) is 0 Å². The third-order valence-corrected chi connectivity index (χ3v) is 2.80. The first kappa shape index (κ1) is 13.4. The average Bonchev–Trinajstić information content (AvgIpc) is 3.06. The Morgan fingerprint density at radius 3 is 3.16 bits per heavy atom. The number of hydrogen-bond donors (Lipinski definition) is 1. The maximum absolute atomic E-state index is 11.4. The molecule has 0 saturated heterocycles. The van der Waals surface area contributed by atoms with Crippen LogP contribution in [0, 0.1) is 0 Å². The van der Waals surface area contributed by atoms with Crippen molar-refractivity contribution in [1.82, 2.24) is 14.9 Å². The van der Waals surface area contributed by atoms with Crippen molar-refractivity contribution < 1.29 is 13.9 Å². The molecule has 0 aliphatic carbocycles. The summed E-state index contributed by atoms with van der Waals surface area (Å²) >= 11 is 0. The van der Waals surface area contributed by atoms with E-state index < -0.39 is 5.97 Å². The van der Waals surface area contributed by atoms with E-state index in [0.717, 1.165) is 12.1 Å². The van der Waals surface area contributed by atoms with E-state index in [9.17, 15) is 4.79 Å². The number of ether oxygens (including phenoxy) is 1. The summed E-state index contributed by atoms with van der Waals surface area (Å²) in [5, 5.41) is 3.33. The number of nitrogens with zero attached hydrogens (tertiary/aromatic N) is 2. The second kappa shape index (κ2) is 6.19. The molecule has 0 spiro atoms. The molecule has 0 amide bonds. The monoisotopic (exact) mass is 263 g/mol. The predicted molar refractivity (Wildman–Crippen MR) is 68.6 cm³/mol. The molecule has 0 fully saturated rings. The van der Waals surface area contributed by atoms with E-state index in [1.165, 1.54) is 13.4 Å². The summed E-state index contributed by atoms with van der Waals surface area (Å²) in [6, 6.07) is 2.01. The summed E-state index contributed by atoms with van der Waals surface area (Å²) in [6.07, 6.45) is 6.92. The van der Waals surface area contributed by atoms with Gasteiger partial charge < -0.3 is 19.0 Å². The smallest absolute Gasteiger partial charge is 0.374 e. The van der Waals surface area contributed by atoms with Gasteiger partial charge in [-0.25, -0.2) is 9.78 Å². The van der Waals surface area contributed by atoms with Crippen LogP contribution in [0.2, 0.25) is 0 Å². The minimum absolute atomic E-state index is 0.245. The number of esters is 1. The van der Waals surface area contributed by atoms with Gasteiger partial charge in [-0.2, -0.15) is 0 Å². The second-order valence-electron chi connectivity index (χ2n) is 4.31. The standard InChI is InChI=1S/C13H17N3O3/c1-10(8-16-5-4-14-9-16)15-7-11-3-6-19-12(11)13(17)18-2/h3-6,9-10,15H,7-8H2,1-2H3. The van der Waals surface area contributed by atoms with Crippen LogP contribution in [0.4, 0.5) is 0 Å². The van der Waals surface area contributed by atoms with Crippen LogP contribution < -0.4 is 5.32 Å². The molecule has 2 heterocycles. The Morgan fingerprint density at radius 2 is 2.47 bits per heavy atom. The highest BCUT2D eigenvalue weighted by molar-refractivity contribution is 5.87. The fourth-order valence-electron chi connectivity index (χ4n) is 1.81. The molecule has 0 aliphatic rings. The number of aromatic nitrogens is 2. The van der Waals surface area contributed by atoms with Crippen LogP contribution in [0.15, 0.2) is 35.5 Å². The van der Waals surface area contributed by atoms with Crippen molar-refractivity contribution in [1.29, 1.82) is 0 Å². The van der Waals surface area contributed by atoms with Crippen molar-refractivity contribution in [3.8, 4) is 0 Å². The Kier molecular flexibility index (Phi) is 4.35. The van der Waals surface area contributed by atoms with Crippen molar-refractivity contribution >= 4 is 5.97 Å². The highest BCUT2D eigenvalue weighted by Crippen LogP contribution is 2.11. The van der Waals surface area contributed by atoms with Gasteiger partial charge in [0.05, 0.1) is 19.7 Å². The lowest BCUT2D eigenvalue weighted by molar-refractivity contribution is 0.0563. The first-order valence-corrected chi connectivity index (χ1v) is 6.04. The first-order valence-electron chi connectivity index (χ1n) is 6.04. The van der Waals surface area contributed by atoms with Crippen molar-refractivity contribution in [2.75, 3.05) is 7.11 Å². The normalized spacial score (nSPS) is 12.3. The topological polar surface area (TPSA) is 69.3 Å². The van der Waals surface area contributed by atoms with Gasteiger partial charge in [0.25, 0.3) is 0 Å². The van der Waals surface area contributed by atoms with Gasteiger partial charge >= 0.3 is 5.97 Å². The molecule has 19 heavy (non-hydrogen) atoms. The quantitative estimate of drug-likeness (QED) is 0.799. The van der Waals surface area contributed by atoms with Gasteiger partial charge in [0.15, 0.2) is 0 Å². The molecule has 0 bridgehead atoms. The number of methoxy groups -OCH3 is 1. The van der Waals surface area contributed by atoms with E-state index in [2.05, 4.69) is 22.0 Å². The molecular weight excluding hydrogens is 246 g/mol. The number of furan rings is 1. The third kappa shape index (κ3) is 3.45. The Bertz CT molecular complexity index is 519. The zero-order valence-electron chi connectivity index (χ0n) is 11.0. The largest absolute Gasteiger partial charge is 0.463 e. The van der Waals surface area contributed by atoms with Gasteiger partial charge in [-0.3, -0.25) is 0 Å². The predicted octanol–water partition coefficient (Wildman–Crippen LogP) is 1.44. The molecule has 1 atom stereocenters. The molecule has 0 aliphatic heterocycles. The zero-order valence-corrected chi connectivity index (χ0v) is 11.0. The van der Waals surface area contributed by atoms with Crippen molar-refractivity contribution in [2.45, 2.75) is 26.1 Å². The number of carbonyl (C=O) groups excluding carboxylic acids is 1. The van der Waals surface area contributed by atoms with Crippen molar-refractivity contribution in [2.24, 2.45) is 0 Å². The van der Waals surface area contributed by atoms with E-state index in [4.69, 9.17) is 4.42 Å². The lowest BCUT2D eigenvalue weighted by Crippen LogP contribution is -2.30. The van der Waals surface area contributed by atoms with E-state index in [1.54, 1.807) is 18.6 Å². The van der Waals surface area contributed by atoms with Crippen LogP contribution in [0.1, 0.15) is 23.0 Å². The van der Waals surface area contributed by atoms with Crippen LogP contribution in [-0.2, 0) is 17.8 Å². The highest BCUT2D eigenvalue weighted by Gasteiger charge is 2.15. The summed E-state index contributed by atoms with van der Waals surface area (Å²) < 4.78 is 11.8. The summed E-state index contributed by atoms with van der Waals surface area (Å²) in [5.41, 5.74) is 0.796. The molecule has 2 aromatic rings. The highest BCUT2D eigenvalue weighted by atomic mass is 16.5. The lowest BCUT2D eigenvalue weighted by Gasteiger charge is -2.14. The maximum Gasteiger partial charge on any atom is 0.374 e. The Hall–Kier alpha value is -2.08. The van der Waals surface area contributed by atoms with Crippen molar-refractivity contribution in [3.63, 3.8) is 0 Å².